The summed E-state index contributed by atoms with van der Waals surface area (Å²) in [4.78, 5) is 10.6. The molecule has 0 unspecified atom stereocenters. The van der Waals surface area contributed by atoms with Crippen LogP contribution in [0, 0.1) is 11.5 Å². The number of benzene rings is 1. The van der Waals surface area contributed by atoms with E-state index >= 15 is 0 Å². The normalized spacial score (nSPS) is 10.6. The quantitative estimate of drug-likeness (QED) is 0.607. The van der Waals surface area contributed by atoms with Crippen LogP contribution in [-0.2, 0) is 16.4 Å². The van der Waals surface area contributed by atoms with Crippen molar-refractivity contribution in [3.8, 4) is 6.19 Å². The second-order valence-corrected chi connectivity index (χ2v) is 4.85. The van der Waals surface area contributed by atoms with Gasteiger partial charge in [-0.2, -0.15) is 5.26 Å². The Bertz CT molecular complexity index is 587. The lowest BCUT2D eigenvalue weighted by molar-refractivity contribution is 0.0696. The molecule has 0 saturated heterocycles. The van der Waals surface area contributed by atoms with Crippen LogP contribution in [0.25, 0.3) is 0 Å². The van der Waals surface area contributed by atoms with Crippen LogP contribution in [0.15, 0.2) is 23.1 Å². The SMILES string of the molecule is CCc1ccc(C(=O)O)cc1S(=O)(=O)NC#N. The number of aryl methyl sites for hydroxylation is 1. The van der Waals surface area contributed by atoms with Gasteiger partial charge < -0.3 is 5.11 Å². The van der Waals surface area contributed by atoms with Gasteiger partial charge in [0.15, 0.2) is 6.19 Å². The lowest BCUT2D eigenvalue weighted by atomic mass is 10.1. The molecule has 0 fully saturated rings. The van der Waals surface area contributed by atoms with Crippen LogP contribution in [0.5, 0.6) is 0 Å². The molecule has 2 N–H and O–H groups in total. The largest absolute Gasteiger partial charge is 0.478 e. The summed E-state index contributed by atoms with van der Waals surface area (Å²) >= 11 is 0. The van der Waals surface area contributed by atoms with Gasteiger partial charge in [-0.25, -0.2) is 17.9 Å². The maximum absolute atomic E-state index is 11.7. The molecule has 0 radical (unpaired) electrons. The third-order valence-electron chi connectivity index (χ3n) is 2.16. The molecular weight excluding hydrogens is 244 g/mol. The first-order valence-corrected chi connectivity index (χ1v) is 6.17. The molecule has 1 aromatic carbocycles. The molecule has 0 heterocycles. The Hall–Kier alpha value is -2.07. The van der Waals surface area contributed by atoms with Crippen molar-refractivity contribution in [2.24, 2.45) is 0 Å². The molecule has 1 aromatic rings. The fraction of sp³-hybridized carbons (Fsp3) is 0.200. The van der Waals surface area contributed by atoms with Crippen LogP contribution in [0.4, 0.5) is 0 Å². The second-order valence-electron chi connectivity index (χ2n) is 3.20. The molecular formula is C10H10N2O4S. The average Bonchev–Trinajstić information content (AvgIpc) is 2.28. The number of carboxylic acid groups (broad SMARTS) is 1. The van der Waals surface area contributed by atoms with Crippen molar-refractivity contribution in [3.05, 3.63) is 29.3 Å². The maximum atomic E-state index is 11.7. The van der Waals surface area contributed by atoms with Gasteiger partial charge in [-0.05, 0) is 24.1 Å². The van der Waals surface area contributed by atoms with E-state index < -0.39 is 16.0 Å². The van der Waals surface area contributed by atoms with Crippen molar-refractivity contribution in [1.29, 1.82) is 5.26 Å². The molecule has 0 saturated carbocycles. The van der Waals surface area contributed by atoms with Crippen molar-refractivity contribution in [2.75, 3.05) is 0 Å². The summed E-state index contributed by atoms with van der Waals surface area (Å²) in [6.07, 6.45) is 1.74. The monoisotopic (exact) mass is 254 g/mol. The van der Waals surface area contributed by atoms with Crippen LogP contribution in [0.1, 0.15) is 22.8 Å². The van der Waals surface area contributed by atoms with E-state index in [1.165, 1.54) is 18.3 Å². The zero-order valence-corrected chi connectivity index (χ0v) is 9.78. The molecule has 6 nitrogen and oxygen atoms in total. The van der Waals surface area contributed by atoms with Gasteiger partial charge in [0, 0.05) is 0 Å². The lowest BCUT2D eigenvalue weighted by Gasteiger charge is -2.08. The number of nitrogens with zero attached hydrogens (tertiary/aromatic N) is 1. The summed E-state index contributed by atoms with van der Waals surface area (Å²) in [5, 5.41) is 17.1. The van der Waals surface area contributed by atoms with E-state index in [1.807, 2.05) is 0 Å². The Balaban J connectivity index is 3.45. The molecule has 0 bridgehead atoms. The number of aromatic carboxylic acids is 1. The molecule has 0 aliphatic heterocycles. The Morgan fingerprint density at radius 3 is 2.65 bits per heavy atom. The van der Waals surface area contributed by atoms with Gasteiger partial charge in [0.05, 0.1) is 10.5 Å². The first-order chi connectivity index (χ1) is 7.92. The van der Waals surface area contributed by atoms with Gasteiger partial charge in [0.25, 0.3) is 10.0 Å². The Labute approximate surface area is 98.6 Å². The summed E-state index contributed by atoms with van der Waals surface area (Å²) in [7, 11) is -3.98. The summed E-state index contributed by atoms with van der Waals surface area (Å²) in [5.41, 5.74) is 0.318. The Kier molecular flexibility index (Phi) is 3.70. The molecule has 0 atom stereocenters. The zero-order valence-electron chi connectivity index (χ0n) is 8.97. The van der Waals surface area contributed by atoms with Crippen LogP contribution in [0.3, 0.4) is 0 Å². The first kappa shape index (κ1) is 13.0. The smallest absolute Gasteiger partial charge is 0.335 e. The predicted molar refractivity (Wildman–Crippen MR) is 58.7 cm³/mol. The summed E-state index contributed by atoms with van der Waals surface area (Å²) in [6.45, 7) is 1.74. The predicted octanol–water partition coefficient (Wildman–Crippen LogP) is 0.707. The number of hydrogen-bond donors (Lipinski definition) is 2. The van der Waals surface area contributed by atoms with Gasteiger partial charge in [-0.1, -0.05) is 13.0 Å². The van der Waals surface area contributed by atoms with E-state index in [1.54, 1.807) is 11.6 Å². The molecule has 0 aliphatic rings. The number of sulfonamides is 1. The van der Waals surface area contributed by atoms with E-state index in [2.05, 4.69) is 0 Å². The van der Waals surface area contributed by atoms with E-state index in [0.717, 1.165) is 6.07 Å². The minimum absolute atomic E-state index is 0.138. The number of carbonyl (C=O) groups is 1. The van der Waals surface area contributed by atoms with Crippen molar-refractivity contribution < 1.29 is 18.3 Å². The molecule has 17 heavy (non-hydrogen) atoms. The van der Waals surface area contributed by atoms with Gasteiger partial charge in [0.1, 0.15) is 0 Å². The van der Waals surface area contributed by atoms with E-state index in [9.17, 15) is 13.2 Å². The van der Waals surface area contributed by atoms with Gasteiger partial charge in [0.2, 0.25) is 0 Å². The average molecular weight is 254 g/mol. The standard InChI is InChI=1S/C10H10N2O4S/c1-2-7-3-4-8(10(13)14)5-9(7)17(15,16)12-6-11/h3-5,12H,2H2,1H3,(H,13,14). The molecule has 7 heteroatoms. The number of nitrogens with one attached hydrogen (secondary N) is 1. The molecule has 0 aromatic heterocycles. The Morgan fingerprint density at radius 1 is 1.53 bits per heavy atom. The minimum atomic E-state index is -3.98. The maximum Gasteiger partial charge on any atom is 0.335 e. The van der Waals surface area contributed by atoms with Gasteiger partial charge in [-0.3, -0.25) is 0 Å². The molecule has 0 spiro atoms. The number of rotatable bonds is 4. The van der Waals surface area contributed by atoms with E-state index in [-0.39, 0.29) is 10.5 Å². The van der Waals surface area contributed by atoms with Crippen molar-refractivity contribution >= 4 is 16.0 Å². The van der Waals surface area contributed by atoms with Crippen LogP contribution >= 0.6 is 0 Å². The highest BCUT2D eigenvalue weighted by Crippen LogP contribution is 2.18. The van der Waals surface area contributed by atoms with E-state index in [0.29, 0.717) is 12.0 Å². The van der Waals surface area contributed by atoms with Crippen molar-refractivity contribution in [3.63, 3.8) is 0 Å². The molecule has 0 amide bonds. The Morgan fingerprint density at radius 2 is 2.18 bits per heavy atom. The van der Waals surface area contributed by atoms with Crippen LogP contribution in [-0.4, -0.2) is 19.5 Å². The second kappa shape index (κ2) is 4.84. The summed E-state index contributed by atoms with van der Waals surface area (Å²) in [6, 6.07) is 3.79. The van der Waals surface area contributed by atoms with Gasteiger partial charge >= 0.3 is 5.97 Å². The fourth-order valence-electron chi connectivity index (χ4n) is 1.34. The topological polar surface area (TPSA) is 107 Å². The highest BCUT2D eigenvalue weighted by Gasteiger charge is 2.19. The summed E-state index contributed by atoms with van der Waals surface area (Å²) < 4.78 is 25.0. The first-order valence-electron chi connectivity index (χ1n) is 4.69. The summed E-state index contributed by atoms with van der Waals surface area (Å²) in [5.74, 6) is -1.22. The van der Waals surface area contributed by atoms with Crippen molar-refractivity contribution in [2.45, 2.75) is 18.2 Å². The molecule has 1 rings (SSSR count). The third kappa shape index (κ3) is 2.73. The molecule has 0 aliphatic carbocycles. The van der Waals surface area contributed by atoms with Crippen LogP contribution in [0.2, 0.25) is 0 Å². The van der Waals surface area contributed by atoms with Gasteiger partial charge in [-0.15, -0.1) is 0 Å². The number of hydrogen-bond acceptors (Lipinski definition) is 4. The minimum Gasteiger partial charge on any atom is -0.478 e. The highest BCUT2D eigenvalue weighted by molar-refractivity contribution is 7.89. The number of nitriles is 1. The highest BCUT2D eigenvalue weighted by atomic mass is 32.2. The number of carboxylic acids is 1. The third-order valence-corrected chi connectivity index (χ3v) is 3.48. The lowest BCUT2D eigenvalue weighted by Crippen LogP contribution is -2.20. The zero-order chi connectivity index (χ0) is 13.1. The molecule has 90 valence electrons. The fourth-order valence-corrected chi connectivity index (χ4v) is 2.41. The van der Waals surface area contributed by atoms with Crippen molar-refractivity contribution in [1.82, 2.24) is 4.72 Å². The van der Waals surface area contributed by atoms with Crippen LogP contribution < -0.4 is 4.72 Å². The van der Waals surface area contributed by atoms with E-state index in [4.69, 9.17) is 10.4 Å².